The Hall–Kier alpha value is -7.34. The van der Waals surface area contributed by atoms with E-state index in [1.165, 1.54) is 26.3 Å². The van der Waals surface area contributed by atoms with Crippen LogP contribution in [0.2, 0.25) is 0 Å². The van der Waals surface area contributed by atoms with Crippen molar-refractivity contribution in [2.24, 2.45) is 0 Å². The van der Waals surface area contributed by atoms with Gasteiger partial charge < -0.3 is 8.98 Å². The highest BCUT2D eigenvalue weighted by atomic mass is 28.3. The molecule has 0 N–H and O–H groups in total. The molecule has 1 aliphatic rings. The molecule has 0 bridgehead atoms. The molecule has 0 amide bonds. The lowest BCUT2D eigenvalue weighted by molar-refractivity contribution is 0.673. The fraction of sp³-hybridized carbons (Fsp3) is 0. The quantitative estimate of drug-likeness (QED) is 0.165. The lowest BCUT2D eigenvalue weighted by atomic mass is 10.1. The second-order valence-electron chi connectivity index (χ2n) is 14.8. The molecule has 266 valence electrons. The van der Waals surface area contributed by atoms with Crippen molar-refractivity contribution < 1.29 is 4.42 Å². The van der Waals surface area contributed by atoms with Gasteiger partial charge in [-0.2, -0.15) is 0 Å². The Labute approximate surface area is 330 Å². The SMILES string of the molecule is c1ccc(-c2nc(-c3ccccc3-n3c4ccccc4c4c5oc6ccccc6c5ccc43)nc3c2[Si](c2ccccc2)(c2ccccc2)c2ccccc2-3)cc1. The Morgan fingerprint density at radius 1 is 0.439 bits per heavy atom. The largest absolute Gasteiger partial charge is 0.455 e. The third kappa shape index (κ3) is 4.49. The van der Waals surface area contributed by atoms with Crippen molar-refractivity contribution in [3.63, 3.8) is 0 Å². The summed E-state index contributed by atoms with van der Waals surface area (Å²) in [7, 11) is -2.90. The number of benzene rings is 8. The maximum absolute atomic E-state index is 6.64. The molecular weight excluding hydrogens is 711 g/mol. The van der Waals surface area contributed by atoms with Crippen molar-refractivity contribution >= 4 is 72.6 Å². The topological polar surface area (TPSA) is 43.9 Å². The highest BCUT2D eigenvalue weighted by Gasteiger charge is 2.51. The zero-order chi connectivity index (χ0) is 37.5. The fourth-order valence-corrected chi connectivity index (χ4v) is 14.8. The minimum atomic E-state index is -2.90. The summed E-state index contributed by atoms with van der Waals surface area (Å²) in [5.74, 6) is 0.694. The van der Waals surface area contributed by atoms with E-state index in [0.29, 0.717) is 5.82 Å². The molecule has 0 saturated heterocycles. The zero-order valence-electron chi connectivity index (χ0n) is 30.8. The van der Waals surface area contributed by atoms with E-state index >= 15 is 0 Å². The highest BCUT2D eigenvalue weighted by Crippen LogP contribution is 2.42. The maximum Gasteiger partial charge on any atom is 0.185 e. The zero-order valence-corrected chi connectivity index (χ0v) is 31.8. The number of aromatic nitrogens is 3. The van der Waals surface area contributed by atoms with Crippen molar-refractivity contribution in [3.05, 3.63) is 200 Å². The summed E-state index contributed by atoms with van der Waals surface area (Å²) in [6, 6.07) is 71.8. The van der Waals surface area contributed by atoms with Crippen molar-refractivity contribution in [2.75, 3.05) is 0 Å². The molecule has 4 heterocycles. The summed E-state index contributed by atoms with van der Waals surface area (Å²) in [4.78, 5) is 11.4. The first-order valence-electron chi connectivity index (χ1n) is 19.4. The first-order chi connectivity index (χ1) is 28.3. The Balaban J connectivity index is 1.19. The molecule has 3 aromatic heterocycles. The number of hydrogen-bond donors (Lipinski definition) is 0. The molecular formula is C52H33N3OSi. The van der Waals surface area contributed by atoms with Gasteiger partial charge in [0.05, 0.1) is 33.5 Å². The monoisotopic (exact) mass is 743 g/mol. The van der Waals surface area contributed by atoms with Crippen LogP contribution < -0.4 is 20.7 Å². The molecule has 0 aliphatic carbocycles. The van der Waals surface area contributed by atoms with Crippen molar-refractivity contribution in [3.8, 4) is 39.6 Å². The van der Waals surface area contributed by atoms with Crippen LogP contribution in [-0.2, 0) is 0 Å². The predicted molar refractivity (Wildman–Crippen MR) is 237 cm³/mol. The minimum absolute atomic E-state index is 0.694. The molecule has 8 aromatic carbocycles. The van der Waals surface area contributed by atoms with Gasteiger partial charge in [-0.15, -0.1) is 0 Å². The number of para-hydroxylation sites is 3. The molecule has 5 heteroatoms. The first-order valence-corrected chi connectivity index (χ1v) is 21.4. The second kappa shape index (κ2) is 12.3. The molecule has 0 unspecified atom stereocenters. The van der Waals surface area contributed by atoms with Gasteiger partial charge in [-0.3, -0.25) is 0 Å². The van der Waals surface area contributed by atoms with E-state index in [9.17, 15) is 0 Å². The Bertz CT molecular complexity index is 3310. The van der Waals surface area contributed by atoms with Gasteiger partial charge >= 0.3 is 0 Å². The summed E-state index contributed by atoms with van der Waals surface area (Å²) < 4.78 is 9.01. The van der Waals surface area contributed by atoms with Crippen LogP contribution in [0, 0.1) is 0 Å². The first kappa shape index (κ1) is 32.0. The van der Waals surface area contributed by atoms with Crippen LogP contribution in [0.5, 0.6) is 0 Å². The van der Waals surface area contributed by atoms with E-state index in [-0.39, 0.29) is 0 Å². The second-order valence-corrected chi connectivity index (χ2v) is 18.5. The molecule has 4 nitrogen and oxygen atoms in total. The number of nitrogens with zero attached hydrogens (tertiary/aromatic N) is 3. The number of fused-ring (bicyclic) bond motifs is 10. The van der Waals surface area contributed by atoms with Crippen LogP contribution in [0.4, 0.5) is 0 Å². The van der Waals surface area contributed by atoms with Gasteiger partial charge in [0.15, 0.2) is 13.9 Å². The van der Waals surface area contributed by atoms with E-state index in [4.69, 9.17) is 14.4 Å². The molecule has 0 atom stereocenters. The fourth-order valence-electron chi connectivity index (χ4n) is 9.58. The Kier molecular flexibility index (Phi) is 6.91. The van der Waals surface area contributed by atoms with Gasteiger partial charge in [-0.1, -0.05) is 164 Å². The summed E-state index contributed by atoms with van der Waals surface area (Å²) >= 11 is 0. The third-order valence-electron chi connectivity index (χ3n) is 11.9. The van der Waals surface area contributed by atoms with Crippen LogP contribution >= 0.6 is 0 Å². The molecule has 57 heavy (non-hydrogen) atoms. The van der Waals surface area contributed by atoms with Crippen LogP contribution in [0.1, 0.15) is 0 Å². The average molecular weight is 744 g/mol. The van der Waals surface area contributed by atoms with E-state index in [0.717, 1.165) is 71.9 Å². The summed E-state index contributed by atoms with van der Waals surface area (Å²) in [6.45, 7) is 0. The van der Waals surface area contributed by atoms with Gasteiger partial charge in [0, 0.05) is 38.0 Å². The molecule has 0 spiro atoms. The van der Waals surface area contributed by atoms with Gasteiger partial charge in [0.2, 0.25) is 0 Å². The van der Waals surface area contributed by atoms with Crippen LogP contribution in [0.25, 0.3) is 83.3 Å². The lowest BCUT2D eigenvalue weighted by Crippen LogP contribution is -2.73. The van der Waals surface area contributed by atoms with Crippen LogP contribution in [0.3, 0.4) is 0 Å². The van der Waals surface area contributed by atoms with E-state index in [1.807, 2.05) is 6.07 Å². The van der Waals surface area contributed by atoms with Crippen LogP contribution in [-0.4, -0.2) is 22.6 Å². The number of hydrogen-bond acceptors (Lipinski definition) is 3. The molecule has 11 aromatic rings. The van der Waals surface area contributed by atoms with Crippen molar-refractivity contribution in [1.82, 2.24) is 14.5 Å². The minimum Gasteiger partial charge on any atom is -0.455 e. The molecule has 1 aliphatic heterocycles. The Morgan fingerprint density at radius 2 is 1.04 bits per heavy atom. The molecule has 0 radical (unpaired) electrons. The van der Waals surface area contributed by atoms with Gasteiger partial charge in [0.1, 0.15) is 11.2 Å². The molecule has 12 rings (SSSR count). The molecule has 0 saturated carbocycles. The Morgan fingerprint density at radius 3 is 1.81 bits per heavy atom. The normalized spacial score (nSPS) is 13.1. The summed E-state index contributed by atoms with van der Waals surface area (Å²) in [5.41, 5.74) is 10.2. The van der Waals surface area contributed by atoms with Gasteiger partial charge in [0.25, 0.3) is 0 Å². The smallest absolute Gasteiger partial charge is 0.185 e. The van der Waals surface area contributed by atoms with Crippen LogP contribution in [0.15, 0.2) is 205 Å². The standard InChI is InChI=1S/C52H33N3OSi/c1-4-18-34(19-5-1)48-51-49(41-27-13-17-31-46(41)57(51,35-20-6-2-7-21-35)36-22-8-3-9-23-36)54-52(53-48)40-26-11-15-29-43(40)55-42-28-14-10-25-39(42)47-44(55)33-32-38-37-24-12-16-30-45(37)56-50(38)47/h1-33H. The lowest BCUT2D eigenvalue weighted by Gasteiger charge is -2.32. The maximum atomic E-state index is 6.64. The van der Waals surface area contributed by atoms with Crippen molar-refractivity contribution in [1.29, 1.82) is 0 Å². The van der Waals surface area contributed by atoms with Crippen molar-refractivity contribution in [2.45, 2.75) is 0 Å². The third-order valence-corrected chi connectivity index (χ3v) is 16.8. The average Bonchev–Trinajstić information content (AvgIpc) is 3.93. The van der Waals surface area contributed by atoms with E-state index < -0.39 is 8.07 Å². The predicted octanol–water partition coefficient (Wildman–Crippen LogP) is 10.2. The van der Waals surface area contributed by atoms with E-state index in [2.05, 4.69) is 199 Å². The molecule has 0 fully saturated rings. The van der Waals surface area contributed by atoms with E-state index in [1.54, 1.807) is 0 Å². The summed E-state index contributed by atoms with van der Waals surface area (Å²) in [5, 5.41) is 9.69. The number of rotatable bonds is 5. The van der Waals surface area contributed by atoms with Gasteiger partial charge in [-0.25, -0.2) is 9.97 Å². The highest BCUT2D eigenvalue weighted by molar-refractivity contribution is 7.22. The summed E-state index contributed by atoms with van der Waals surface area (Å²) in [6.07, 6.45) is 0. The van der Waals surface area contributed by atoms with Gasteiger partial charge in [-0.05, 0) is 52.0 Å². The number of furan rings is 1.